The second-order valence-corrected chi connectivity index (χ2v) is 3.19. The largest absolute Gasteiger partial charge is 0.345 e. The molecule has 1 heterocycles. The number of aromatic nitrogens is 2. The highest BCUT2D eigenvalue weighted by molar-refractivity contribution is 5.85. The molecule has 0 saturated carbocycles. The summed E-state index contributed by atoms with van der Waals surface area (Å²) in [4.78, 5) is 15.2. The number of nitrogens with zero attached hydrogens (tertiary/aromatic N) is 2. The Labute approximate surface area is 94.0 Å². The molecular weight excluding hydrogens is 220 g/mol. The van der Waals surface area contributed by atoms with Crippen LogP contribution in [0.15, 0.2) is 4.52 Å². The van der Waals surface area contributed by atoms with Crippen LogP contribution in [0.2, 0.25) is 0 Å². The average molecular weight is 235 g/mol. The lowest BCUT2D eigenvalue weighted by Crippen LogP contribution is -2.39. The van der Waals surface area contributed by atoms with E-state index in [0.717, 1.165) is 0 Å². The van der Waals surface area contributed by atoms with Gasteiger partial charge in [0.05, 0.1) is 12.1 Å². The number of hydrogen-bond acceptors (Lipinski definition) is 5. The summed E-state index contributed by atoms with van der Waals surface area (Å²) in [6, 6.07) is -0.823. The van der Waals surface area contributed by atoms with Crippen molar-refractivity contribution in [1.82, 2.24) is 15.5 Å². The summed E-state index contributed by atoms with van der Waals surface area (Å²) >= 11 is 0. The summed E-state index contributed by atoms with van der Waals surface area (Å²) < 4.78 is 4.78. The van der Waals surface area contributed by atoms with Crippen molar-refractivity contribution >= 4 is 18.3 Å². The van der Waals surface area contributed by atoms with E-state index >= 15 is 0 Å². The van der Waals surface area contributed by atoms with E-state index < -0.39 is 6.04 Å². The Morgan fingerprint density at radius 2 is 2.13 bits per heavy atom. The molecule has 0 radical (unpaired) electrons. The fraction of sp³-hybridized carbons (Fsp3) is 0.625. The predicted octanol–water partition coefficient (Wildman–Crippen LogP) is 0.324. The monoisotopic (exact) mass is 234 g/mol. The number of rotatable bonds is 3. The van der Waals surface area contributed by atoms with Crippen LogP contribution >= 0.6 is 12.4 Å². The standard InChI is InChI=1S/C8H14N4O2.ClH/c1-4(9)8(13)10-5(2)7-11-6(3)14-12-7;/h4-5H,9H2,1-3H3,(H,10,13);1H. The smallest absolute Gasteiger partial charge is 0.237 e. The molecule has 6 nitrogen and oxygen atoms in total. The zero-order chi connectivity index (χ0) is 10.7. The molecule has 15 heavy (non-hydrogen) atoms. The number of halogens is 1. The fourth-order valence-corrected chi connectivity index (χ4v) is 0.900. The number of nitrogens with one attached hydrogen (secondary N) is 1. The van der Waals surface area contributed by atoms with Gasteiger partial charge in [-0.3, -0.25) is 4.79 Å². The molecule has 2 unspecified atom stereocenters. The topological polar surface area (TPSA) is 94.0 Å². The lowest BCUT2D eigenvalue weighted by molar-refractivity contribution is -0.122. The molecular formula is C8H15ClN4O2. The number of carbonyl (C=O) groups is 1. The fourth-order valence-electron chi connectivity index (χ4n) is 0.900. The van der Waals surface area contributed by atoms with Gasteiger partial charge < -0.3 is 15.6 Å². The molecule has 1 rings (SSSR count). The molecule has 0 saturated heterocycles. The molecule has 0 aliphatic heterocycles. The van der Waals surface area contributed by atoms with Crippen LogP contribution < -0.4 is 11.1 Å². The summed E-state index contributed by atoms with van der Waals surface area (Å²) in [6.07, 6.45) is 0. The maximum atomic E-state index is 11.2. The predicted molar refractivity (Wildman–Crippen MR) is 56.5 cm³/mol. The van der Waals surface area contributed by atoms with Gasteiger partial charge in [-0.05, 0) is 13.8 Å². The van der Waals surface area contributed by atoms with Gasteiger partial charge in [0.15, 0.2) is 5.82 Å². The second-order valence-electron chi connectivity index (χ2n) is 3.19. The van der Waals surface area contributed by atoms with E-state index in [4.69, 9.17) is 10.3 Å². The van der Waals surface area contributed by atoms with Crippen LogP contribution in [-0.2, 0) is 4.79 Å². The highest BCUT2D eigenvalue weighted by Gasteiger charge is 2.16. The van der Waals surface area contributed by atoms with Crippen LogP contribution in [0.25, 0.3) is 0 Å². The Bertz CT molecular complexity index is 326. The van der Waals surface area contributed by atoms with Crippen LogP contribution in [0, 0.1) is 6.92 Å². The Morgan fingerprint density at radius 1 is 1.53 bits per heavy atom. The number of nitrogens with two attached hydrogens (primary N) is 1. The van der Waals surface area contributed by atoms with Crippen LogP contribution in [0.3, 0.4) is 0 Å². The molecule has 0 aliphatic rings. The van der Waals surface area contributed by atoms with Crippen molar-refractivity contribution < 1.29 is 9.32 Å². The first-order valence-electron chi connectivity index (χ1n) is 4.37. The molecule has 0 spiro atoms. The van der Waals surface area contributed by atoms with E-state index in [9.17, 15) is 4.79 Å². The third kappa shape index (κ3) is 3.85. The van der Waals surface area contributed by atoms with Gasteiger partial charge in [0, 0.05) is 6.92 Å². The molecule has 0 aliphatic carbocycles. The number of amides is 1. The first-order chi connectivity index (χ1) is 6.50. The summed E-state index contributed by atoms with van der Waals surface area (Å²) in [7, 11) is 0. The SMILES string of the molecule is Cc1nc(C(C)NC(=O)C(C)N)no1.Cl. The van der Waals surface area contributed by atoms with E-state index in [0.29, 0.717) is 11.7 Å². The quantitative estimate of drug-likeness (QED) is 0.786. The van der Waals surface area contributed by atoms with Crippen LogP contribution in [0.4, 0.5) is 0 Å². The van der Waals surface area contributed by atoms with Crippen molar-refractivity contribution in [3.05, 3.63) is 11.7 Å². The number of hydrogen-bond donors (Lipinski definition) is 2. The van der Waals surface area contributed by atoms with E-state index in [-0.39, 0.29) is 24.4 Å². The van der Waals surface area contributed by atoms with E-state index in [1.165, 1.54) is 0 Å². The maximum Gasteiger partial charge on any atom is 0.237 e. The maximum absolute atomic E-state index is 11.2. The molecule has 1 aromatic heterocycles. The molecule has 3 N–H and O–H groups in total. The number of aryl methyl sites for hydroxylation is 1. The van der Waals surface area contributed by atoms with Gasteiger partial charge >= 0.3 is 0 Å². The number of carbonyl (C=O) groups excluding carboxylic acids is 1. The zero-order valence-corrected chi connectivity index (χ0v) is 9.67. The minimum Gasteiger partial charge on any atom is -0.345 e. The van der Waals surface area contributed by atoms with Crippen molar-refractivity contribution in [3.8, 4) is 0 Å². The Kier molecular flexibility index (Phi) is 5.24. The molecule has 1 aromatic rings. The highest BCUT2D eigenvalue weighted by atomic mass is 35.5. The third-order valence-electron chi connectivity index (χ3n) is 1.70. The third-order valence-corrected chi connectivity index (χ3v) is 1.70. The summed E-state index contributed by atoms with van der Waals surface area (Å²) in [5.74, 6) is 0.693. The second kappa shape index (κ2) is 5.67. The van der Waals surface area contributed by atoms with Gasteiger partial charge in [-0.25, -0.2) is 0 Å². The van der Waals surface area contributed by atoms with Gasteiger partial charge in [-0.1, -0.05) is 5.16 Å². The van der Waals surface area contributed by atoms with E-state index in [2.05, 4.69) is 15.5 Å². The van der Waals surface area contributed by atoms with Crippen LogP contribution in [0.1, 0.15) is 31.6 Å². The molecule has 0 aromatic carbocycles. The molecule has 0 fully saturated rings. The highest BCUT2D eigenvalue weighted by Crippen LogP contribution is 2.07. The molecule has 7 heteroatoms. The van der Waals surface area contributed by atoms with Crippen LogP contribution in [0.5, 0.6) is 0 Å². The van der Waals surface area contributed by atoms with Crippen molar-refractivity contribution in [2.45, 2.75) is 32.9 Å². The Morgan fingerprint density at radius 3 is 2.53 bits per heavy atom. The molecule has 86 valence electrons. The van der Waals surface area contributed by atoms with Crippen molar-refractivity contribution in [3.63, 3.8) is 0 Å². The van der Waals surface area contributed by atoms with Gasteiger partial charge in [-0.2, -0.15) is 4.98 Å². The lowest BCUT2D eigenvalue weighted by atomic mass is 10.2. The summed E-state index contributed by atoms with van der Waals surface area (Å²) in [6.45, 7) is 5.07. The Balaban J connectivity index is 0.00000196. The van der Waals surface area contributed by atoms with Crippen molar-refractivity contribution in [2.75, 3.05) is 0 Å². The van der Waals surface area contributed by atoms with E-state index in [1.54, 1.807) is 20.8 Å². The van der Waals surface area contributed by atoms with Crippen LogP contribution in [-0.4, -0.2) is 22.1 Å². The molecule has 2 atom stereocenters. The molecule has 0 bridgehead atoms. The normalized spacial score (nSPS) is 13.9. The minimum atomic E-state index is -0.537. The average Bonchev–Trinajstić information content (AvgIpc) is 2.51. The summed E-state index contributed by atoms with van der Waals surface area (Å²) in [5, 5.41) is 6.35. The van der Waals surface area contributed by atoms with Crippen molar-refractivity contribution in [1.29, 1.82) is 0 Å². The zero-order valence-electron chi connectivity index (χ0n) is 8.85. The van der Waals surface area contributed by atoms with Gasteiger partial charge in [-0.15, -0.1) is 12.4 Å². The van der Waals surface area contributed by atoms with Gasteiger partial charge in [0.2, 0.25) is 11.8 Å². The Hall–Kier alpha value is -1.14. The first-order valence-corrected chi connectivity index (χ1v) is 4.37. The molecule has 1 amide bonds. The summed E-state index contributed by atoms with van der Waals surface area (Å²) in [5.41, 5.74) is 5.39. The first kappa shape index (κ1) is 13.9. The lowest BCUT2D eigenvalue weighted by Gasteiger charge is -2.11. The minimum absolute atomic E-state index is 0. The van der Waals surface area contributed by atoms with Gasteiger partial charge in [0.25, 0.3) is 0 Å². The van der Waals surface area contributed by atoms with E-state index in [1.807, 2.05) is 0 Å². The van der Waals surface area contributed by atoms with Crippen molar-refractivity contribution in [2.24, 2.45) is 5.73 Å². The van der Waals surface area contributed by atoms with Gasteiger partial charge in [0.1, 0.15) is 0 Å².